The van der Waals surface area contributed by atoms with E-state index >= 15 is 0 Å². The number of hydrogen-bond acceptors (Lipinski definition) is 5. The molecular weight excluding hydrogens is 196 g/mol. The van der Waals surface area contributed by atoms with Gasteiger partial charge in [0.2, 0.25) is 11.8 Å². The van der Waals surface area contributed by atoms with Crippen LogP contribution in [0.3, 0.4) is 0 Å². The number of carbonyl (C=O) groups is 1. The van der Waals surface area contributed by atoms with Gasteiger partial charge in [-0.05, 0) is 0 Å². The molecule has 6 heteroatoms. The third-order valence-electron chi connectivity index (χ3n) is 1.90. The van der Waals surface area contributed by atoms with Gasteiger partial charge in [-0.25, -0.2) is 4.98 Å². The second-order valence-corrected chi connectivity index (χ2v) is 3.03. The van der Waals surface area contributed by atoms with E-state index in [-0.39, 0.29) is 0 Å². The van der Waals surface area contributed by atoms with Crippen molar-refractivity contribution >= 4 is 6.29 Å². The number of carbonyl (C=O) groups excluding carboxylic acids is 1. The van der Waals surface area contributed by atoms with Gasteiger partial charge in [0.25, 0.3) is 0 Å². The molecule has 0 aromatic carbocycles. The Morgan fingerprint density at radius 2 is 2.27 bits per heavy atom. The lowest BCUT2D eigenvalue weighted by atomic mass is 10.5. The zero-order valence-corrected chi connectivity index (χ0v) is 8.25. The first-order chi connectivity index (χ1) is 7.31. The molecule has 0 spiro atoms. The highest BCUT2D eigenvalue weighted by molar-refractivity contribution is 5.70. The summed E-state index contributed by atoms with van der Waals surface area (Å²) in [6.07, 6.45) is 4.60. The van der Waals surface area contributed by atoms with E-state index < -0.39 is 0 Å². The summed E-state index contributed by atoms with van der Waals surface area (Å²) >= 11 is 0. The van der Waals surface area contributed by atoms with Crippen molar-refractivity contribution in [1.82, 2.24) is 19.7 Å². The lowest BCUT2D eigenvalue weighted by Gasteiger charge is -1.94. The molecule has 0 radical (unpaired) electrons. The smallest absolute Gasteiger partial charge is 0.236 e. The molecule has 0 fully saturated rings. The van der Waals surface area contributed by atoms with Gasteiger partial charge in [-0.2, -0.15) is 0 Å². The van der Waals surface area contributed by atoms with Gasteiger partial charge in [0, 0.05) is 12.6 Å². The van der Waals surface area contributed by atoms with Crippen LogP contribution in [0.5, 0.6) is 0 Å². The Morgan fingerprint density at radius 3 is 2.87 bits per heavy atom. The van der Waals surface area contributed by atoms with Gasteiger partial charge in [0.1, 0.15) is 12.2 Å². The molecule has 0 aliphatic heterocycles. The summed E-state index contributed by atoms with van der Waals surface area (Å²) in [5.41, 5.74) is 0.394. The van der Waals surface area contributed by atoms with Crippen molar-refractivity contribution < 1.29 is 9.21 Å². The molecular formula is C9H10N4O2. The van der Waals surface area contributed by atoms with E-state index in [1.54, 1.807) is 17.1 Å². The number of aromatic nitrogens is 4. The first-order valence-corrected chi connectivity index (χ1v) is 4.60. The average Bonchev–Trinajstić information content (AvgIpc) is 2.87. The molecule has 0 unspecified atom stereocenters. The van der Waals surface area contributed by atoms with Crippen molar-refractivity contribution in [3.05, 3.63) is 30.0 Å². The SMILES string of the molecule is CCc1nnc(Cn2cnc(C=O)c2)o1. The Bertz CT molecular complexity index is 460. The fraction of sp³-hybridized carbons (Fsp3) is 0.333. The summed E-state index contributed by atoms with van der Waals surface area (Å²) in [6, 6.07) is 0. The number of rotatable bonds is 4. The van der Waals surface area contributed by atoms with Crippen LogP contribution in [-0.2, 0) is 13.0 Å². The van der Waals surface area contributed by atoms with Gasteiger partial charge in [-0.1, -0.05) is 6.92 Å². The predicted molar refractivity (Wildman–Crippen MR) is 50.4 cm³/mol. The lowest BCUT2D eigenvalue weighted by molar-refractivity contribution is 0.111. The molecule has 2 rings (SSSR count). The molecule has 0 saturated heterocycles. The zero-order valence-electron chi connectivity index (χ0n) is 8.25. The molecule has 15 heavy (non-hydrogen) atoms. The number of imidazole rings is 1. The maximum absolute atomic E-state index is 10.4. The largest absolute Gasteiger partial charge is 0.423 e. The normalized spacial score (nSPS) is 10.5. The van der Waals surface area contributed by atoms with Crippen LogP contribution < -0.4 is 0 Å². The highest BCUT2D eigenvalue weighted by Crippen LogP contribution is 2.03. The monoisotopic (exact) mass is 206 g/mol. The summed E-state index contributed by atoms with van der Waals surface area (Å²) in [7, 11) is 0. The topological polar surface area (TPSA) is 73.8 Å². The first kappa shape index (κ1) is 9.57. The Kier molecular flexibility index (Phi) is 2.57. The Morgan fingerprint density at radius 1 is 1.47 bits per heavy atom. The van der Waals surface area contributed by atoms with E-state index in [9.17, 15) is 4.79 Å². The quantitative estimate of drug-likeness (QED) is 0.688. The maximum Gasteiger partial charge on any atom is 0.236 e. The maximum atomic E-state index is 10.4. The van der Waals surface area contributed by atoms with Crippen LogP contribution in [0.15, 0.2) is 16.9 Å². The van der Waals surface area contributed by atoms with Crippen LogP contribution in [0.1, 0.15) is 29.2 Å². The highest BCUT2D eigenvalue weighted by Gasteiger charge is 2.05. The second kappa shape index (κ2) is 4.04. The molecule has 0 atom stereocenters. The summed E-state index contributed by atoms with van der Waals surface area (Å²) < 4.78 is 7.04. The Balaban J connectivity index is 2.10. The zero-order chi connectivity index (χ0) is 10.7. The summed E-state index contributed by atoms with van der Waals surface area (Å²) in [5, 5.41) is 7.70. The van der Waals surface area contributed by atoms with E-state index in [0.29, 0.717) is 30.3 Å². The molecule has 0 saturated carbocycles. The minimum absolute atomic E-state index is 0.394. The van der Waals surface area contributed by atoms with Crippen molar-refractivity contribution in [2.75, 3.05) is 0 Å². The third kappa shape index (κ3) is 2.09. The molecule has 2 aromatic rings. The predicted octanol–water partition coefficient (Wildman–Crippen LogP) is 0.689. The summed E-state index contributed by atoms with van der Waals surface area (Å²) in [6.45, 7) is 2.38. The van der Waals surface area contributed by atoms with Crippen molar-refractivity contribution in [3.8, 4) is 0 Å². The van der Waals surface area contributed by atoms with Crippen LogP contribution in [-0.4, -0.2) is 26.0 Å². The number of nitrogens with zero attached hydrogens (tertiary/aromatic N) is 4. The number of hydrogen-bond donors (Lipinski definition) is 0. The summed E-state index contributed by atoms with van der Waals surface area (Å²) in [5.74, 6) is 1.13. The fourth-order valence-corrected chi connectivity index (χ4v) is 1.18. The van der Waals surface area contributed by atoms with Crippen molar-refractivity contribution in [2.24, 2.45) is 0 Å². The van der Waals surface area contributed by atoms with Crippen LogP contribution >= 0.6 is 0 Å². The number of aldehydes is 1. The van der Waals surface area contributed by atoms with E-state index in [1.165, 1.54) is 0 Å². The van der Waals surface area contributed by atoms with E-state index in [1.807, 2.05) is 6.92 Å². The van der Waals surface area contributed by atoms with Gasteiger partial charge in [-0.3, -0.25) is 4.79 Å². The van der Waals surface area contributed by atoms with Crippen LogP contribution in [0, 0.1) is 0 Å². The second-order valence-electron chi connectivity index (χ2n) is 3.03. The molecule has 0 aliphatic carbocycles. The Labute approximate surface area is 86.0 Å². The third-order valence-corrected chi connectivity index (χ3v) is 1.90. The van der Waals surface area contributed by atoms with Crippen molar-refractivity contribution in [3.63, 3.8) is 0 Å². The first-order valence-electron chi connectivity index (χ1n) is 4.60. The highest BCUT2D eigenvalue weighted by atomic mass is 16.4. The minimum atomic E-state index is 0.394. The van der Waals surface area contributed by atoms with Gasteiger partial charge in [-0.15, -0.1) is 10.2 Å². The van der Waals surface area contributed by atoms with Gasteiger partial charge < -0.3 is 8.98 Å². The lowest BCUT2D eigenvalue weighted by Crippen LogP contribution is -1.96. The van der Waals surface area contributed by atoms with Crippen LogP contribution in [0.25, 0.3) is 0 Å². The molecule has 0 amide bonds. The van der Waals surface area contributed by atoms with Crippen molar-refractivity contribution in [2.45, 2.75) is 19.9 Å². The molecule has 0 N–H and O–H groups in total. The molecule has 2 aromatic heterocycles. The van der Waals surface area contributed by atoms with Gasteiger partial charge in [0.15, 0.2) is 6.29 Å². The molecule has 0 aliphatic rings. The van der Waals surface area contributed by atoms with Crippen LogP contribution in [0.4, 0.5) is 0 Å². The van der Waals surface area contributed by atoms with E-state index in [2.05, 4.69) is 15.2 Å². The van der Waals surface area contributed by atoms with Crippen LogP contribution in [0.2, 0.25) is 0 Å². The fourth-order valence-electron chi connectivity index (χ4n) is 1.18. The number of aryl methyl sites for hydroxylation is 1. The summed E-state index contributed by atoms with van der Waals surface area (Å²) in [4.78, 5) is 14.3. The Hall–Kier alpha value is -1.98. The van der Waals surface area contributed by atoms with Crippen molar-refractivity contribution in [1.29, 1.82) is 0 Å². The van der Waals surface area contributed by atoms with E-state index in [4.69, 9.17) is 4.42 Å². The minimum Gasteiger partial charge on any atom is -0.423 e. The van der Waals surface area contributed by atoms with Gasteiger partial charge in [0.05, 0.1) is 6.33 Å². The average molecular weight is 206 g/mol. The molecule has 2 heterocycles. The molecule has 0 bridgehead atoms. The molecule has 78 valence electrons. The van der Waals surface area contributed by atoms with E-state index in [0.717, 1.165) is 6.42 Å². The van der Waals surface area contributed by atoms with Gasteiger partial charge >= 0.3 is 0 Å². The molecule has 6 nitrogen and oxygen atoms in total. The standard InChI is InChI=1S/C9H10N4O2/c1-2-8-11-12-9(15-8)4-13-3-7(5-14)10-6-13/h3,5-6H,2,4H2,1H3.